The fourth-order valence-corrected chi connectivity index (χ4v) is 2.16. The highest BCUT2D eigenvalue weighted by molar-refractivity contribution is 9.10. The summed E-state index contributed by atoms with van der Waals surface area (Å²) in [4.78, 5) is 12.4. The van der Waals surface area contributed by atoms with Crippen molar-refractivity contribution in [2.24, 2.45) is 5.92 Å². The minimum Gasteiger partial charge on any atom is -0.495 e. The van der Waals surface area contributed by atoms with E-state index in [0.29, 0.717) is 21.5 Å². The molecule has 0 aromatic heterocycles. The van der Waals surface area contributed by atoms with Gasteiger partial charge in [-0.25, -0.2) is 0 Å². The quantitative estimate of drug-likeness (QED) is 0.881. The Morgan fingerprint density at radius 1 is 1.33 bits per heavy atom. The number of rotatable bonds is 5. The molecule has 0 aliphatic carbocycles. The molecule has 0 radical (unpaired) electrons. The van der Waals surface area contributed by atoms with Crippen LogP contribution in [0.5, 0.6) is 11.5 Å². The maximum Gasteiger partial charge on any atom is 0.252 e. The number of ether oxygens (including phenoxy) is 2. The van der Waals surface area contributed by atoms with Crippen molar-refractivity contribution in [1.82, 2.24) is 5.32 Å². The van der Waals surface area contributed by atoms with E-state index in [9.17, 15) is 10.1 Å². The first-order valence-electron chi connectivity index (χ1n) is 6.44. The molecule has 1 aromatic rings. The standard InChI is InChI=1S/C15H19BrN2O3/c1-9(2)15(3,8-17)18-14(19)10-6-11(20-4)13(16)12(7-10)21-5/h6-7,9H,1-5H3,(H,18,19). The van der Waals surface area contributed by atoms with Gasteiger partial charge in [-0.2, -0.15) is 5.26 Å². The highest BCUT2D eigenvalue weighted by Gasteiger charge is 2.30. The van der Waals surface area contributed by atoms with Crippen LogP contribution < -0.4 is 14.8 Å². The molecule has 0 bridgehead atoms. The van der Waals surface area contributed by atoms with E-state index in [1.807, 2.05) is 13.8 Å². The van der Waals surface area contributed by atoms with Crippen LogP contribution in [0.25, 0.3) is 0 Å². The first-order chi connectivity index (χ1) is 9.78. The molecule has 114 valence electrons. The van der Waals surface area contributed by atoms with Gasteiger partial charge in [-0.3, -0.25) is 4.79 Å². The van der Waals surface area contributed by atoms with Crippen molar-refractivity contribution < 1.29 is 14.3 Å². The zero-order valence-electron chi connectivity index (χ0n) is 12.8. The number of carbonyl (C=O) groups excluding carboxylic acids is 1. The Bertz CT molecular complexity index is 556. The summed E-state index contributed by atoms with van der Waals surface area (Å²) in [5.41, 5.74) is -0.570. The van der Waals surface area contributed by atoms with Crippen molar-refractivity contribution in [2.45, 2.75) is 26.3 Å². The third-order valence-electron chi connectivity index (χ3n) is 3.47. The summed E-state index contributed by atoms with van der Waals surface area (Å²) in [7, 11) is 3.02. The maximum absolute atomic E-state index is 12.4. The number of amides is 1. The largest absolute Gasteiger partial charge is 0.495 e. The fourth-order valence-electron chi connectivity index (χ4n) is 1.61. The van der Waals surface area contributed by atoms with E-state index >= 15 is 0 Å². The normalized spacial score (nSPS) is 13.2. The van der Waals surface area contributed by atoms with Crippen LogP contribution in [0, 0.1) is 17.2 Å². The molecule has 0 aliphatic rings. The van der Waals surface area contributed by atoms with Crippen LogP contribution in [0.15, 0.2) is 16.6 Å². The van der Waals surface area contributed by atoms with Crippen LogP contribution in [0.2, 0.25) is 0 Å². The number of benzene rings is 1. The van der Waals surface area contributed by atoms with E-state index in [-0.39, 0.29) is 11.8 Å². The number of nitrogens with one attached hydrogen (secondary N) is 1. The Hall–Kier alpha value is -1.74. The number of hydrogen-bond acceptors (Lipinski definition) is 4. The van der Waals surface area contributed by atoms with Gasteiger partial charge in [-0.05, 0) is 40.9 Å². The van der Waals surface area contributed by atoms with Crippen molar-refractivity contribution in [2.75, 3.05) is 14.2 Å². The fraction of sp³-hybridized carbons (Fsp3) is 0.467. The Balaban J connectivity index is 3.17. The second-order valence-electron chi connectivity index (χ2n) is 5.12. The second kappa shape index (κ2) is 6.81. The summed E-state index contributed by atoms with van der Waals surface area (Å²) in [6, 6.07) is 5.34. The number of carbonyl (C=O) groups is 1. The third kappa shape index (κ3) is 3.67. The van der Waals surface area contributed by atoms with Gasteiger partial charge in [0.2, 0.25) is 0 Å². The lowest BCUT2D eigenvalue weighted by molar-refractivity contribution is 0.0907. The molecule has 5 nitrogen and oxygen atoms in total. The van der Waals surface area contributed by atoms with Gasteiger partial charge in [0, 0.05) is 5.56 Å². The Labute approximate surface area is 133 Å². The summed E-state index contributed by atoms with van der Waals surface area (Å²) in [6.07, 6.45) is 0. The average molecular weight is 355 g/mol. The first-order valence-corrected chi connectivity index (χ1v) is 7.23. The molecule has 0 heterocycles. The third-order valence-corrected chi connectivity index (χ3v) is 4.25. The van der Waals surface area contributed by atoms with Crippen LogP contribution in [-0.2, 0) is 0 Å². The van der Waals surface area contributed by atoms with E-state index in [1.165, 1.54) is 14.2 Å². The van der Waals surface area contributed by atoms with Gasteiger partial charge in [-0.1, -0.05) is 13.8 Å². The van der Waals surface area contributed by atoms with Gasteiger partial charge in [0.1, 0.15) is 21.5 Å². The number of nitriles is 1. The lowest BCUT2D eigenvalue weighted by Gasteiger charge is -2.27. The predicted molar refractivity (Wildman–Crippen MR) is 83.6 cm³/mol. The number of halogens is 1. The molecule has 0 aliphatic heterocycles. The molecule has 0 saturated heterocycles. The van der Waals surface area contributed by atoms with Crippen molar-refractivity contribution in [3.8, 4) is 17.6 Å². The predicted octanol–water partition coefficient (Wildman–Crippen LogP) is 3.13. The summed E-state index contributed by atoms with van der Waals surface area (Å²) in [5, 5.41) is 12.0. The highest BCUT2D eigenvalue weighted by Crippen LogP contribution is 2.35. The lowest BCUT2D eigenvalue weighted by atomic mass is 9.89. The number of methoxy groups -OCH3 is 2. The minimum atomic E-state index is -0.940. The Morgan fingerprint density at radius 3 is 2.14 bits per heavy atom. The molecule has 6 heteroatoms. The summed E-state index contributed by atoms with van der Waals surface area (Å²) in [5.74, 6) is 0.605. The van der Waals surface area contributed by atoms with E-state index in [4.69, 9.17) is 9.47 Å². The molecule has 21 heavy (non-hydrogen) atoms. The molecule has 1 aromatic carbocycles. The van der Waals surface area contributed by atoms with E-state index in [0.717, 1.165) is 0 Å². The summed E-state index contributed by atoms with van der Waals surface area (Å²) >= 11 is 3.35. The van der Waals surface area contributed by atoms with Crippen LogP contribution >= 0.6 is 15.9 Å². The summed E-state index contributed by atoms with van der Waals surface area (Å²) in [6.45, 7) is 5.46. The van der Waals surface area contributed by atoms with Crippen LogP contribution in [0.1, 0.15) is 31.1 Å². The zero-order valence-corrected chi connectivity index (χ0v) is 14.4. The molecule has 0 spiro atoms. The van der Waals surface area contributed by atoms with Gasteiger partial charge >= 0.3 is 0 Å². The SMILES string of the molecule is COc1cc(C(=O)NC(C)(C#N)C(C)C)cc(OC)c1Br. The topological polar surface area (TPSA) is 71.3 Å². The van der Waals surface area contributed by atoms with Crippen LogP contribution in [0.3, 0.4) is 0 Å². The lowest BCUT2D eigenvalue weighted by Crippen LogP contribution is -2.48. The molecule has 1 amide bonds. The smallest absolute Gasteiger partial charge is 0.252 e. The first kappa shape index (κ1) is 17.3. The highest BCUT2D eigenvalue weighted by atomic mass is 79.9. The zero-order chi connectivity index (χ0) is 16.2. The van der Waals surface area contributed by atoms with Gasteiger partial charge in [0.25, 0.3) is 5.91 Å². The van der Waals surface area contributed by atoms with Gasteiger partial charge in [-0.15, -0.1) is 0 Å². The minimum absolute atomic E-state index is 0.0225. The van der Waals surface area contributed by atoms with Crippen molar-refractivity contribution in [3.05, 3.63) is 22.2 Å². The van der Waals surface area contributed by atoms with Gasteiger partial charge < -0.3 is 14.8 Å². The maximum atomic E-state index is 12.4. The molecule has 1 N–H and O–H groups in total. The van der Waals surface area contributed by atoms with Gasteiger partial charge in [0.15, 0.2) is 0 Å². The number of hydrogen-bond donors (Lipinski definition) is 1. The molecule has 1 unspecified atom stereocenters. The molecule has 0 saturated carbocycles. The summed E-state index contributed by atoms with van der Waals surface area (Å²) < 4.78 is 11.1. The van der Waals surface area contributed by atoms with E-state index in [1.54, 1.807) is 19.1 Å². The van der Waals surface area contributed by atoms with E-state index in [2.05, 4.69) is 27.3 Å². The Morgan fingerprint density at radius 2 is 1.81 bits per heavy atom. The molecule has 0 fully saturated rings. The second-order valence-corrected chi connectivity index (χ2v) is 5.91. The molecule has 1 atom stereocenters. The number of nitrogens with zero attached hydrogens (tertiary/aromatic N) is 1. The molecule has 1 rings (SSSR count). The monoisotopic (exact) mass is 354 g/mol. The molecular formula is C15H19BrN2O3. The van der Waals surface area contributed by atoms with E-state index < -0.39 is 5.54 Å². The average Bonchev–Trinajstić information content (AvgIpc) is 2.46. The van der Waals surface area contributed by atoms with Crippen molar-refractivity contribution in [3.63, 3.8) is 0 Å². The van der Waals surface area contributed by atoms with Crippen molar-refractivity contribution in [1.29, 1.82) is 5.26 Å². The van der Waals surface area contributed by atoms with Crippen molar-refractivity contribution >= 4 is 21.8 Å². The Kier molecular flexibility index (Phi) is 5.62. The van der Waals surface area contributed by atoms with Crippen LogP contribution in [-0.4, -0.2) is 25.7 Å². The van der Waals surface area contributed by atoms with Crippen LogP contribution in [0.4, 0.5) is 0 Å². The molecular weight excluding hydrogens is 336 g/mol. The van der Waals surface area contributed by atoms with Gasteiger partial charge in [0.05, 0.1) is 20.3 Å².